The molecule has 2 aromatic rings. The van der Waals surface area contributed by atoms with Crippen LogP contribution in [0.2, 0.25) is 5.15 Å². The minimum atomic E-state index is -0.645. The van der Waals surface area contributed by atoms with Crippen molar-refractivity contribution < 1.29 is 23.8 Å². The second kappa shape index (κ2) is 7.81. The molecule has 0 atom stereocenters. The summed E-state index contributed by atoms with van der Waals surface area (Å²) in [6.45, 7) is 1.91. The van der Waals surface area contributed by atoms with Crippen molar-refractivity contribution >= 4 is 29.2 Å². The number of rotatable bonds is 4. The highest BCUT2D eigenvalue weighted by molar-refractivity contribution is 6.29. The van der Waals surface area contributed by atoms with E-state index < -0.39 is 11.9 Å². The van der Waals surface area contributed by atoms with Gasteiger partial charge in [-0.05, 0) is 37.3 Å². The van der Waals surface area contributed by atoms with Crippen LogP contribution < -0.4 is 4.90 Å². The highest BCUT2D eigenvalue weighted by Gasteiger charge is 2.32. The predicted octanol–water partition coefficient (Wildman–Crippen LogP) is 2.23. The molecular formula is C18H18ClN3O5. The van der Waals surface area contributed by atoms with E-state index in [4.69, 9.17) is 25.8 Å². The van der Waals surface area contributed by atoms with E-state index in [1.165, 1.54) is 14.2 Å². The molecule has 3 rings (SSSR count). The van der Waals surface area contributed by atoms with E-state index in [0.29, 0.717) is 10.8 Å². The quantitative estimate of drug-likeness (QED) is 0.739. The van der Waals surface area contributed by atoms with Gasteiger partial charge in [-0.15, -0.1) is 0 Å². The van der Waals surface area contributed by atoms with Gasteiger partial charge in [0.1, 0.15) is 17.6 Å². The fourth-order valence-electron chi connectivity index (χ4n) is 2.77. The number of anilines is 1. The van der Waals surface area contributed by atoms with Crippen LogP contribution in [0.1, 0.15) is 5.69 Å². The first kappa shape index (κ1) is 18.9. The molecule has 9 heteroatoms. The van der Waals surface area contributed by atoms with E-state index in [0.717, 1.165) is 11.4 Å². The van der Waals surface area contributed by atoms with Crippen LogP contribution in [0.3, 0.4) is 0 Å². The van der Waals surface area contributed by atoms with Crippen molar-refractivity contribution in [2.45, 2.75) is 6.92 Å². The molecule has 0 saturated carbocycles. The van der Waals surface area contributed by atoms with Crippen molar-refractivity contribution in [3.8, 4) is 5.69 Å². The zero-order chi connectivity index (χ0) is 19.6. The molecule has 1 aliphatic rings. The average Bonchev–Trinajstić information content (AvgIpc) is 3.04. The number of hydrogen-bond donors (Lipinski definition) is 0. The highest BCUT2D eigenvalue weighted by Crippen LogP contribution is 2.28. The molecule has 8 nitrogen and oxygen atoms in total. The van der Waals surface area contributed by atoms with Crippen molar-refractivity contribution in [1.29, 1.82) is 0 Å². The summed E-state index contributed by atoms with van der Waals surface area (Å²) in [6, 6.07) is 8.91. The Kier molecular flexibility index (Phi) is 5.48. The zero-order valence-corrected chi connectivity index (χ0v) is 15.8. The Morgan fingerprint density at radius 3 is 2.30 bits per heavy atom. The van der Waals surface area contributed by atoms with Gasteiger partial charge in [0.25, 0.3) is 0 Å². The number of hydrogen-bond acceptors (Lipinski definition) is 7. The SMILES string of the molecule is COC(=O)C1=C(C(=O)OC)N(c2ccc(-n3nc(C)cc3Cl)cc2)COC1. The van der Waals surface area contributed by atoms with Crippen LogP contribution in [0.4, 0.5) is 5.69 Å². The molecule has 0 radical (unpaired) electrons. The Labute approximate surface area is 160 Å². The van der Waals surface area contributed by atoms with E-state index in [1.54, 1.807) is 39.9 Å². The summed E-state index contributed by atoms with van der Waals surface area (Å²) in [6.07, 6.45) is 0. The number of nitrogens with zero attached hydrogens (tertiary/aromatic N) is 3. The number of carbonyl (C=O) groups excluding carboxylic acids is 2. The second-order valence-electron chi connectivity index (χ2n) is 5.75. The van der Waals surface area contributed by atoms with Crippen LogP contribution in [0.5, 0.6) is 0 Å². The van der Waals surface area contributed by atoms with Crippen molar-refractivity contribution in [1.82, 2.24) is 9.78 Å². The van der Waals surface area contributed by atoms with Gasteiger partial charge in [-0.25, -0.2) is 14.3 Å². The van der Waals surface area contributed by atoms with Crippen molar-refractivity contribution in [3.05, 3.63) is 52.4 Å². The predicted molar refractivity (Wildman–Crippen MR) is 97.7 cm³/mol. The summed E-state index contributed by atoms with van der Waals surface area (Å²) in [5, 5.41) is 4.82. The standard InChI is InChI=1S/C18H18ClN3O5/c1-11-8-15(19)22(20-11)13-6-4-12(5-7-13)21-10-27-9-14(17(23)25-2)16(21)18(24)26-3/h4-8H,9-10H2,1-3H3. The third-order valence-corrected chi connectivity index (χ3v) is 4.30. The Hall–Kier alpha value is -2.84. The van der Waals surface area contributed by atoms with Crippen LogP contribution in [-0.4, -0.2) is 49.3 Å². The number of ether oxygens (including phenoxy) is 3. The molecular weight excluding hydrogens is 374 g/mol. The van der Waals surface area contributed by atoms with Gasteiger partial charge in [0.15, 0.2) is 0 Å². The maximum Gasteiger partial charge on any atom is 0.355 e. The smallest absolute Gasteiger partial charge is 0.355 e. The third-order valence-electron chi connectivity index (χ3n) is 4.03. The Morgan fingerprint density at radius 1 is 1.11 bits per heavy atom. The van der Waals surface area contributed by atoms with Gasteiger partial charge in [-0.3, -0.25) is 0 Å². The first-order chi connectivity index (χ1) is 13.0. The fraction of sp³-hybridized carbons (Fsp3) is 0.278. The van der Waals surface area contributed by atoms with Crippen molar-refractivity contribution in [2.24, 2.45) is 0 Å². The molecule has 2 heterocycles. The lowest BCUT2D eigenvalue weighted by Crippen LogP contribution is -2.38. The van der Waals surface area contributed by atoms with E-state index in [2.05, 4.69) is 5.10 Å². The molecule has 0 N–H and O–H groups in total. The molecule has 1 aliphatic heterocycles. The largest absolute Gasteiger partial charge is 0.466 e. The molecule has 27 heavy (non-hydrogen) atoms. The molecule has 0 unspecified atom stereocenters. The summed E-state index contributed by atoms with van der Waals surface area (Å²) in [5.41, 5.74) is 2.39. The highest BCUT2D eigenvalue weighted by atomic mass is 35.5. The molecule has 0 saturated heterocycles. The van der Waals surface area contributed by atoms with Crippen molar-refractivity contribution in [2.75, 3.05) is 32.5 Å². The van der Waals surface area contributed by atoms with E-state index >= 15 is 0 Å². The molecule has 142 valence electrons. The molecule has 0 fully saturated rings. The van der Waals surface area contributed by atoms with E-state index in [-0.39, 0.29) is 24.6 Å². The average molecular weight is 392 g/mol. The molecule has 0 spiro atoms. The molecule has 1 aromatic heterocycles. The number of aromatic nitrogens is 2. The van der Waals surface area contributed by atoms with Crippen LogP contribution in [0, 0.1) is 6.92 Å². The molecule has 0 bridgehead atoms. The van der Waals surface area contributed by atoms with Gasteiger partial charge in [0.2, 0.25) is 0 Å². The van der Waals surface area contributed by atoms with Gasteiger partial charge in [0.05, 0.1) is 37.8 Å². The number of aryl methyl sites for hydroxylation is 1. The first-order valence-corrected chi connectivity index (χ1v) is 8.41. The zero-order valence-electron chi connectivity index (χ0n) is 15.1. The van der Waals surface area contributed by atoms with Gasteiger partial charge in [-0.2, -0.15) is 5.10 Å². The monoisotopic (exact) mass is 391 g/mol. The Bertz CT molecular complexity index is 904. The van der Waals surface area contributed by atoms with Crippen LogP contribution >= 0.6 is 11.6 Å². The van der Waals surface area contributed by atoms with Gasteiger partial charge < -0.3 is 19.1 Å². The summed E-state index contributed by atoms with van der Waals surface area (Å²) in [4.78, 5) is 25.9. The fourth-order valence-corrected chi connectivity index (χ4v) is 3.06. The minimum absolute atomic E-state index is 0.0339. The van der Waals surface area contributed by atoms with Gasteiger partial charge in [-0.1, -0.05) is 11.6 Å². The lowest BCUT2D eigenvalue weighted by Gasteiger charge is -2.31. The summed E-state index contributed by atoms with van der Waals surface area (Å²) in [5.74, 6) is -1.29. The second-order valence-corrected chi connectivity index (χ2v) is 6.14. The summed E-state index contributed by atoms with van der Waals surface area (Å²) >= 11 is 6.17. The van der Waals surface area contributed by atoms with Crippen molar-refractivity contribution in [3.63, 3.8) is 0 Å². The maximum absolute atomic E-state index is 12.3. The first-order valence-electron chi connectivity index (χ1n) is 8.04. The Morgan fingerprint density at radius 2 is 1.74 bits per heavy atom. The van der Waals surface area contributed by atoms with Gasteiger partial charge >= 0.3 is 11.9 Å². The maximum atomic E-state index is 12.3. The minimum Gasteiger partial charge on any atom is -0.466 e. The van der Waals surface area contributed by atoms with E-state index in [9.17, 15) is 9.59 Å². The van der Waals surface area contributed by atoms with Gasteiger partial charge in [0, 0.05) is 5.69 Å². The van der Waals surface area contributed by atoms with Crippen LogP contribution in [0.25, 0.3) is 5.69 Å². The summed E-state index contributed by atoms with van der Waals surface area (Å²) < 4.78 is 16.7. The third kappa shape index (κ3) is 3.67. The molecule has 1 aromatic carbocycles. The lowest BCUT2D eigenvalue weighted by atomic mass is 10.1. The normalized spacial score (nSPS) is 14.3. The van der Waals surface area contributed by atoms with Crippen LogP contribution in [-0.2, 0) is 23.8 Å². The lowest BCUT2D eigenvalue weighted by molar-refractivity contribution is -0.140. The molecule has 0 aliphatic carbocycles. The number of carbonyl (C=O) groups is 2. The summed E-state index contributed by atoms with van der Waals surface area (Å²) in [7, 11) is 2.50. The van der Waals surface area contributed by atoms with E-state index in [1.807, 2.05) is 6.92 Å². The number of esters is 2. The number of methoxy groups -OCH3 is 2. The van der Waals surface area contributed by atoms with Crippen LogP contribution in [0.15, 0.2) is 41.6 Å². The number of halogens is 1. The number of benzene rings is 1. The Balaban J connectivity index is 1.99. The molecule has 0 amide bonds. The topological polar surface area (TPSA) is 82.9 Å².